The molecule has 0 N–H and O–H groups in total. The van der Waals surface area contributed by atoms with Gasteiger partial charge in [-0.15, -0.1) is 0 Å². The molecule has 0 spiro atoms. The van der Waals surface area contributed by atoms with E-state index in [-0.39, 0.29) is 18.0 Å². The van der Waals surface area contributed by atoms with E-state index in [4.69, 9.17) is 0 Å². The predicted octanol–water partition coefficient (Wildman–Crippen LogP) is 0.445. The summed E-state index contributed by atoms with van der Waals surface area (Å²) in [4.78, 5) is 41.8. The normalized spacial score (nSPS) is 16.7. The number of carbonyl (C=O) groups excluding carboxylic acids is 1. The second-order valence-corrected chi connectivity index (χ2v) is 7.61. The van der Waals surface area contributed by atoms with Gasteiger partial charge in [0.05, 0.1) is 12.0 Å². The first kappa shape index (κ1) is 18.5. The summed E-state index contributed by atoms with van der Waals surface area (Å²) in [6.07, 6.45) is 8.74. The zero-order valence-corrected chi connectivity index (χ0v) is 16.5. The van der Waals surface area contributed by atoms with Crippen LogP contribution in [0.15, 0.2) is 48.0 Å². The van der Waals surface area contributed by atoms with Crippen molar-refractivity contribution in [3.8, 4) is 5.82 Å². The van der Waals surface area contributed by atoms with Crippen LogP contribution in [0, 0.1) is 0 Å². The summed E-state index contributed by atoms with van der Waals surface area (Å²) >= 11 is 0. The van der Waals surface area contributed by atoms with E-state index in [0.29, 0.717) is 37.9 Å². The van der Waals surface area contributed by atoms with Gasteiger partial charge in [-0.3, -0.25) is 14.2 Å². The van der Waals surface area contributed by atoms with Crippen molar-refractivity contribution in [3.05, 3.63) is 59.3 Å². The first-order chi connectivity index (χ1) is 14.7. The molecule has 0 atom stereocenters. The average Bonchev–Trinajstić information content (AvgIpc) is 3.49. The molecule has 2 aliphatic rings. The fraction of sp³-hybridized carbons (Fsp3) is 0.400. The molecular formula is C20H22N8O2. The lowest BCUT2D eigenvalue weighted by molar-refractivity contribution is -0.132. The number of rotatable bonds is 5. The molecular weight excluding hydrogens is 384 g/mol. The molecule has 5 rings (SSSR count). The van der Waals surface area contributed by atoms with Crippen LogP contribution >= 0.6 is 0 Å². The van der Waals surface area contributed by atoms with Crippen molar-refractivity contribution in [2.75, 3.05) is 31.1 Å². The van der Waals surface area contributed by atoms with Crippen LogP contribution in [-0.2, 0) is 11.3 Å². The third-order valence-corrected chi connectivity index (χ3v) is 5.54. The van der Waals surface area contributed by atoms with E-state index in [1.54, 1.807) is 21.8 Å². The number of hydrogen-bond acceptors (Lipinski definition) is 7. The predicted molar refractivity (Wildman–Crippen MR) is 108 cm³/mol. The van der Waals surface area contributed by atoms with Gasteiger partial charge in [0.1, 0.15) is 18.7 Å². The van der Waals surface area contributed by atoms with E-state index in [2.05, 4.69) is 25.0 Å². The minimum atomic E-state index is -0.161. The number of aromatic nitrogens is 6. The number of amides is 1. The Morgan fingerprint density at radius 2 is 1.83 bits per heavy atom. The number of piperazine rings is 1. The van der Waals surface area contributed by atoms with Gasteiger partial charge in [0.2, 0.25) is 5.91 Å². The summed E-state index contributed by atoms with van der Waals surface area (Å²) in [6.45, 7) is 2.49. The third kappa shape index (κ3) is 3.80. The fourth-order valence-corrected chi connectivity index (χ4v) is 3.63. The topological polar surface area (TPSA) is 102 Å². The lowest BCUT2D eigenvalue weighted by Gasteiger charge is -2.35. The maximum absolute atomic E-state index is 12.7. The van der Waals surface area contributed by atoms with Crippen LogP contribution in [0.25, 0.3) is 5.82 Å². The van der Waals surface area contributed by atoms with Crippen LogP contribution in [0.4, 0.5) is 5.82 Å². The standard InChI is InChI=1S/C20H22N8O2/c29-19-10-16(15-2-3-15)23-14-27(19)12-20(30)26-8-6-25(7-9-26)17-11-18(22-13-21-17)28-5-1-4-24-28/h1,4-5,10-11,13-15H,2-3,6-9,12H2. The first-order valence-electron chi connectivity index (χ1n) is 10.1. The van der Waals surface area contributed by atoms with Crippen molar-refractivity contribution in [2.24, 2.45) is 0 Å². The lowest BCUT2D eigenvalue weighted by atomic mass is 10.3. The second-order valence-electron chi connectivity index (χ2n) is 7.61. The van der Waals surface area contributed by atoms with Crippen molar-refractivity contribution in [3.63, 3.8) is 0 Å². The van der Waals surface area contributed by atoms with Crippen molar-refractivity contribution < 1.29 is 4.79 Å². The van der Waals surface area contributed by atoms with Gasteiger partial charge in [-0.05, 0) is 18.9 Å². The molecule has 10 nitrogen and oxygen atoms in total. The molecule has 3 aromatic rings. The Labute approximate surface area is 172 Å². The monoisotopic (exact) mass is 406 g/mol. The van der Waals surface area contributed by atoms with E-state index in [1.807, 2.05) is 18.3 Å². The van der Waals surface area contributed by atoms with Crippen LogP contribution in [0.3, 0.4) is 0 Å². The van der Waals surface area contributed by atoms with Crippen LogP contribution in [-0.4, -0.2) is 66.3 Å². The summed E-state index contributed by atoms with van der Waals surface area (Å²) in [5, 5.41) is 4.20. The molecule has 0 unspecified atom stereocenters. The van der Waals surface area contributed by atoms with Crippen LogP contribution in [0.1, 0.15) is 24.5 Å². The summed E-state index contributed by atoms with van der Waals surface area (Å²) < 4.78 is 3.08. The minimum absolute atomic E-state index is 0.0216. The number of hydrogen-bond donors (Lipinski definition) is 0. The molecule has 3 aromatic heterocycles. The Morgan fingerprint density at radius 1 is 1.03 bits per heavy atom. The maximum atomic E-state index is 12.7. The Kier molecular flexibility index (Phi) is 4.74. The van der Waals surface area contributed by atoms with Gasteiger partial charge in [0, 0.05) is 56.6 Å². The van der Waals surface area contributed by atoms with E-state index in [0.717, 1.165) is 24.4 Å². The van der Waals surface area contributed by atoms with Gasteiger partial charge in [-0.25, -0.2) is 19.6 Å². The van der Waals surface area contributed by atoms with Gasteiger partial charge < -0.3 is 9.80 Å². The van der Waals surface area contributed by atoms with E-state index >= 15 is 0 Å². The molecule has 0 radical (unpaired) electrons. The van der Waals surface area contributed by atoms with E-state index in [1.165, 1.54) is 17.2 Å². The second kappa shape index (κ2) is 7.69. The maximum Gasteiger partial charge on any atom is 0.254 e. The molecule has 1 aliphatic heterocycles. The van der Waals surface area contributed by atoms with Crippen LogP contribution < -0.4 is 10.5 Å². The minimum Gasteiger partial charge on any atom is -0.353 e. The highest BCUT2D eigenvalue weighted by Crippen LogP contribution is 2.38. The van der Waals surface area contributed by atoms with Crippen molar-refractivity contribution in [1.29, 1.82) is 0 Å². The van der Waals surface area contributed by atoms with Crippen molar-refractivity contribution >= 4 is 11.7 Å². The Hall–Kier alpha value is -3.56. The SMILES string of the molecule is O=C(Cn1cnc(C2CC2)cc1=O)N1CCN(c2cc(-n3cccn3)ncn2)CC1. The molecule has 30 heavy (non-hydrogen) atoms. The quantitative estimate of drug-likeness (QED) is 0.606. The van der Waals surface area contributed by atoms with Crippen LogP contribution in [0.2, 0.25) is 0 Å². The Morgan fingerprint density at radius 3 is 2.53 bits per heavy atom. The zero-order chi connectivity index (χ0) is 20.5. The highest BCUT2D eigenvalue weighted by molar-refractivity contribution is 5.76. The molecule has 154 valence electrons. The molecule has 1 amide bonds. The molecule has 1 saturated carbocycles. The molecule has 4 heterocycles. The summed E-state index contributed by atoms with van der Waals surface area (Å²) in [6, 6.07) is 5.29. The summed E-state index contributed by atoms with van der Waals surface area (Å²) in [7, 11) is 0. The molecule has 1 saturated heterocycles. The summed E-state index contributed by atoms with van der Waals surface area (Å²) in [5.41, 5.74) is 0.683. The smallest absolute Gasteiger partial charge is 0.254 e. The highest BCUT2D eigenvalue weighted by Gasteiger charge is 2.26. The van der Waals surface area contributed by atoms with Gasteiger partial charge in [0.25, 0.3) is 5.56 Å². The van der Waals surface area contributed by atoms with E-state index in [9.17, 15) is 9.59 Å². The molecule has 2 fully saturated rings. The summed E-state index contributed by atoms with van der Waals surface area (Å²) in [5.74, 6) is 1.85. The number of carbonyl (C=O) groups is 1. The number of anilines is 1. The lowest BCUT2D eigenvalue weighted by Crippen LogP contribution is -2.50. The largest absolute Gasteiger partial charge is 0.353 e. The molecule has 0 aromatic carbocycles. The zero-order valence-electron chi connectivity index (χ0n) is 16.5. The Balaban J connectivity index is 1.20. The Bertz CT molecular complexity index is 1100. The van der Waals surface area contributed by atoms with E-state index < -0.39 is 0 Å². The fourth-order valence-electron chi connectivity index (χ4n) is 3.63. The third-order valence-electron chi connectivity index (χ3n) is 5.54. The first-order valence-corrected chi connectivity index (χ1v) is 10.1. The van der Waals surface area contributed by atoms with Gasteiger partial charge in [-0.1, -0.05) is 0 Å². The van der Waals surface area contributed by atoms with Gasteiger partial charge in [-0.2, -0.15) is 5.10 Å². The highest BCUT2D eigenvalue weighted by atomic mass is 16.2. The average molecular weight is 406 g/mol. The molecule has 10 heteroatoms. The van der Waals surface area contributed by atoms with Crippen molar-refractivity contribution in [1.82, 2.24) is 34.2 Å². The molecule has 1 aliphatic carbocycles. The number of nitrogens with zero attached hydrogens (tertiary/aromatic N) is 8. The molecule has 0 bridgehead atoms. The van der Waals surface area contributed by atoms with Crippen LogP contribution in [0.5, 0.6) is 0 Å². The van der Waals surface area contributed by atoms with Crippen molar-refractivity contribution in [2.45, 2.75) is 25.3 Å². The van der Waals surface area contributed by atoms with Gasteiger partial charge in [0.15, 0.2) is 5.82 Å². The van der Waals surface area contributed by atoms with Gasteiger partial charge >= 0.3 is 0 Å².